The van der Waals surface area contributed by atoms with E-state index in [0.29, 0.717) is 0 Å². The quantitative estimate of drug-likeness (QED) is 0.194. The maximum absolute atomic E-state index is 14.2. The Morgan fingerprint density at radius 2 is 1.45 bits per heavy atom. The van der Waals surface area contributed by atoms with Crippen LogP contribution in [0.1, 0.15) is 87.5 Å². The molecule has 0 aromatic carbocycles. The Hall–Kier alpha value is -3.39. The van der Waals surface area contributed by atoms with Crippen molar-refractivity contribution in [1.29, 1.82) is 0 Å². The van der Waals surface area contributed by atoms with Gasteiger partial charge in [-0.15, -0.1) is 0 Å². The summed E-state index contributed by atoms with van der Waals surface area (Å²) in [4.78, 5) is 80.3. The van der Waals surface area contributed by atoms with Crippen LogP contribution in [0.25, 0.3) is 0 Å². The predicted molar refractivity (Wildman–Crippen MR) is 164 cm³/mol. The number of rotatable bonds is 11. The number of hydrogen-bond acceptors (Lipinski definition) is 7. The van der Waals surface area contributed by atoms with Crippen LogP contribution < -0.4 is 21.3 Å². The van der Waals surface area contributed by atoms with Crippen molar-refractivity contribution in [2.24, 2.45) is 28.1 Å². The summed E-state index contributed by atoms with van der Waals surface area (Å²) < 4.78 is 44.7. The van der Waals surface area contributed by atoms with E-state index in [0.717, 1.165) is 26.3 Å². The molecule has 2 aliphatic carbocycles. The zero-order valence-corrected chi connectivity index (χ0v) is 28.7. The highest BCUT2D eigenvalue weighted by molar-refractivity contribution is 6.38. The maximum Gasteiger partial charge on any atom is 0.389 e. The second-order valence-corrected chi connectivity index (χ2v) is 15.8. The number of carbonyl (C=O) groups is 6. The van der Waals surface area contributed by atoms with Crippen LogP contribution in [0.3, 0.4) is 0 Å². The number of urea groups is 1. The minimum Gasteiger partial charge on any atom is -0.461 e. The van der Waals surface area contributed by atoms with Gasteiger partial charge in [0.25, 0.3) is 5.91 Å². The molecule has 1 unspecified atom stereocenters. The van der Waals surface area contributed by atoms with Gasteiger partial charge >= 0.3 is 18.2 Å². The summed E-state index contributed by atoms with van der Waals surface area (Å²) in [5, 5.41) is 9.76. The Bertz CT molecular complexity index is 1250. The number of hydrogen-bond donors (Lipinski definition) is 4. The summed E-state index contributed by atoms with van der Waals surface area (Å²) >= 11 is 0. The van der Waals surface area contributed by atoms with Gasteiger partial charge in [-0.3, -0.25) is 19.2 Å². The van der Waals surface area contributed by atoms with Gasteiger partial charge in [-0.2, -0.15) is 13.2 Å². The van der Waals surface area contributed by atoms with Gasteiger partial charge in [0, 0.05) is 20.0 Å². The molecule has 6 atom stereocenters. The first-order valence-electron chi connectivity index (χ1n) is 16.1. The first-order chi connectivity index (χ1) is 21.4. The van der Waals surface area contributed by atoms with Gasteiger partial charge in [0.1, 0.15) is 24.2 Å². The molecule has 0 aromatic heterocycles. The molecule has 0 bridgehead atoms. The number of nitrogens with one attached hydrogen (secondary N) is 4. The van der Waals surface area contributed by atoms with Crippen LogP contribution in [0.5, 0.6) is 0 Å². The van der Waals surface area contributed by atoms with E-state index in [4.69, 9.17) is 4.74 Å². The Labute approximate surface area is 274 Å². The summed E-state index contributed by atoms with van der Waals surface area (Å²) in [6.45, 7) is 14.4. The van der Waals surface area contributed by atoms with Gasteiger partial charge in [-0.05, 0) is 53.8 Å². The van der Waals surface area contributed by atoms with Crippen molar-refractivity contribution in [3.8, 4) is 0 Å². The zero-order valence-electron chi connectivity index (χ0n) is 28.7. The number of alkyl halides is 3. The fourth-order valence-corrected chi connectivity index (χ4v) is 6.40. The predicted octanol–water partition coefficient (Wildman–Crippen LogP) is 2.84. The largest absolute Gasteiger partial charge is 0.461 e. The molecule has 0 spiro atoms. The Morgan fingerprint density at radius 3 is 1.91 bits per heavy atom. The van der Waals surface area contributed by atoms with E-state index in [2.05, 4.69) is 21.3 Å². The molecule has 1 saturated heterocycles. The third-order valence-electron chi connectivity index (χ3n) is 9.66. The molecule has 3 fully saturated rings. The molecule has 1 heterocycles. The van der Waals surface area contributed by atoms with E-state index in [1.54, 1.807) is 41.5 Å². The lowest BCUT2D eigenvalue weighted by atomic mass is 9.85. The second-order valence-electron chi connectivity index (χ2n) is 15.8. The normalized spacial score (nSPS) is 24.1. The van der Waals surface area contributed by atoms with Crippen molar-refractivity contribution in [2.45, 2.75) is 124 Å². The highest BCUT2D eigenvalue weighted by atomic mass is 19.4. The topological polar surface area (TPSA) is 163 Å². The number of likely N-dealkylation sites (tertiary alicyclic amines) is 1. The average molecular weight is 674 g/mol. The van der Waals surface area contributed by atoms with Gasteiger partial charge < -0.3 is 30.9 Å². The number of halogens is 3. The number of likely N-dealkylation sites (N-methyl/N-ethyl adjacent to an activating group) is 1. The van der Waals surface area contributed by atoms with E-state index in [-0.39, 0.29) is 29.9 Å². The number of esters is 1. The van der Waals surface area contributed by atoms with E-state index in [1.807, 2.05) is 13.8 Å². The molecule has 266 valence electrons. The Kier molecular flexibility index (Phi) is 11.0. The van der Waals surface area contributed by atoms with Gasteiger partial charge in [0.05, 0.1) is 6.04 Å². The van der Waals surface area contributed by atoms with Crippen LogP contribution in [-0.4, -0.2) is 90.4 Å². The number of ketones is 1. The molecular weight excluding hydrogens is 623 g/mol. The van der Waals surface area contributed by atoms with Crippen molar-refractivity contribution < 1.29 is 46.7 Å². The van der Waals surface area contributed by atoms with Crippen molar-refractivity contribution in [1.82, 2.24) is 26.2 Å². The first kappa shape index (κ1) is 38.1. The number of amides is 5. The summed E-state index contributed by atoms with van der Waals surface area (Å²) in [5.41, 5.74) is -1.99. The Morgan fingerprint density at radius 1 is 0.894 bits per heavy atom. The lowest BCUT2D eigenvalue weighted by Crippen LogP contribution is -2.63. The van der Waals surface area contributed by atoms with Gasteiger partial charge in [-0.1, -0.05) is 55.4 Å². The van der Waals surface area contributed by atoms with Crippen molar-refractivity contribution in [3.63, 3.8) is 0 Å². The molecular formula is C32H50F3N5O7. The number of fused-ring (bicyclic) bond motifs is 1. The number of piperidine rings is 1. The van der Waals surface area contributed by atoms with Crippen LogP contribution >= 0.6 is 0 Å². The second kappa shape index (κ2) is 13.6. The van der Waals surface area contributed by atoms with E-state index < -0.39 is 89.5 Å². The van der Waals surface area contributed by atoms with Gasteiger partial charge in [0.2, 0.25) is 17.6 Å². The van der Waals surface area contributed by atoms with E-state index >= 15 is 0 Å². The minimum atomic E-state index is -4.64. The number of nitrogens with zero attached hydrogens (tertiary/aromatic N) is 1. The number of carbonyl (C=O) groups excluding carboxylic acids is 6. The van der Waals surface area contributed by atoms with Crippen molar-refractivity contribution in [2.75, 3.05) is 13.6 Å². The standard InChI is InChI=1S/C32H50F3N5O7/c1-29(2,3)22(38-28(46)39-23(30(4,5)6)27(45)47-16-11-10-12-16)26(44)40-15-17-19(31(17,7)8)20(40)24(42)37-18(13-14-32(33,34)35)21(41)25(43)36-9/h16-20,22-23H,10-15H2,1-9H3,(H,36,43)(H,37,42)(H2,38,39,46)/t17-,18?,19-,20-,22+,23+/m0/s1. The molecule has 47 heavy (non-hydrogen) atoms. The molecule has 15 heteroatoms. The maximum atomic E-state index is 14.2. The molecule has 4 N–H and O–H groups in total. The molecule has 5 amide bonds. The zero-order chi connectivity index (χ0) is 35.9. The van der Waals surface area contributed by atoms with E-state index in [1.165, 1.54) is 4.90 Å². The van der Waals surface area contributed by atoms with Crippen molar-refractivity contribution in [3.05, 3.63) is 0 Å². The third-order valence-corrected chi connectivity index (χ3v) is 9.66. The van der Waals surface area contributed by atoms with Crippen LogP contribution in [0.15, 0.2) is 0 Å². The van der Waals surface area contributed by atoms with Crippen molar-refractivity contribution >= 4 is 35.5 Å². The summed E-state index contributed by atoms with van der Waals surface area (Å²) in [7, 11) is 1.15. The highest BCUT2D eigenvalue weighted by Crippen LogP contribution is 2.65. The first-order valence-corrected chi connectivity index (χ1v) is 16.1. The molecule has 0 radical (unpaired) electrons. The van der Waals surface area contributed by atoms with Gasteiger partial charge in [0.15, 0.2) is 0 Å². The van der Waals surface area contributed by atoms with Crippen LogP contribution in [0.4, 0.5) is 18.0 Å². The number of Topliss-reactive ketones (excluding diaryl/α,β-unsaturated/α-hetero) is 1. The summed E-state index contributed by atoms with van der Waals surface area (Å²) in [6, 6.07) is -5.93. The molecule has 3 aliphatic rings. The molecule has 3 rings (SSSR count). The summed E-state index contributed by atoms with van der Waals surface area (Å²) in [5.74, 6) is -4.93. The lowest BCUT2D eigenvalue weighted by Gasteiger charge is -2.38. The summed E-state index contributed by atoms with van der Waals surface area (Å²) in [6.07, 6.45) is -4.66. The van der Waals surface area contributed by atoms with E-state index in [9.17, 15) is 41.9 Å². The Balaban J connectivity index is 1.83. The van der Waals surface area contributed by atoms with Crippen LogP contribution in [0.2, 0.25) is 0 Å². The minimum absolute atomic E-state index is 0.119. The molecule has 1 aliphatic heterocycles. The monoisotopic (exact) mass is 673 g/mol. The fourth-order valence-electron chi connectivity index (χ4n) is 6.40. The van der Waals surface area contributed by atoms with Crippen LogP contribution in [-0.2, 0) is 28.7 Å². The molecule has 12 nitrogen and oxygen atoms in total. The number of ether oxygens (including phenoxy) is 1. The smallest absolute Gasteiger partial charge is 0.389 e. The van der Waals surface area contributed by atoms with Crippen LogP contribution in [0, 0.1) is 28.1 Å². The SMILES string of the molecule is CNC(=O)C(=O)C(CCC(F)(F)F)NC(=O)[C@@H]1[C@@H]2[C@H](CN1C(=O)[C@@H](NC(=O)N[C@H](C(=O)OC1CCC1)C(C)(C)C)C(C)(C)C)C2(C)C. The molecule has 2 saturated carbocycles. The third kappa shape index (κ3) is 8.95. The van der Waals surface area contributed by atoms with Gasteiger partial charge in [-0.25, -0.2) is 9.59 Å². The highest BCUT2D eigenvalue weighted by Gasteiger charge is 2.70. The lowest BCUT2D eigenvalue weighted by molar-refractivity contribution is -0.158. The average Bonchev–Trinajstić information content (AvgIpc) is 3.23. The fraction of sp³-hybridized carbons (Fsp3) is 0.812. The molecule has 0 aromatic rings.